The van der Waals surface area contributed by atoms with E-state index in [1.54, 1.807) is 47.2 Å². The third kappa shape index (κ3) is 5.88. The summed E-state index contributed by atoms with van der Waals surface area (Å²) in [5.74, 6) is -0.706. The van der Waals surface area contributed by atoms with Crippen molar-refractivity contribution in [2.45, 2.75) is 26.1 Å². The van der Waals surface area contributed by atoms with E-state index in [1.165, 1.54) is 16.8 Å². The second-order valence-electron chi connectivity index (χ2n) is 9.71. The van der Waals surface area contributed by atoms with E-state index in [0.29, 0.717) is 48.2 Å². The summed E-state index contributed by atoms with van der Waals surface area (Å²) < 4.78 is 40.5. The fraction of sp³-hybridized carbons (Fsp3) is 0.276. The maximum atomic E-state index is 13.0. The predicted molar refractivity (Wildman–Crippen MR) is 141 cm³/mol. The summed E-state index contributed by atoms with van der Waals surface area (Å²) >= 11 is 0. The van der Waals surface area contributed by atoms with Gasteiger partial charge < -0.3 is 9.80 Å². The van der Waals surface area contributed by atoms with Crippen molar-refractivity contribution in [1.29, 1.82) is 0 Å². The first-order valence-electron chi connectivity index (χ1n) is 12.7. The molecule has 11 heteroatoms. The number of ketones is 1. The molecule has 0 radical (unpaired) electrons. The van der Waals surface area contributed by atoms with E-state index in [4.69, 9.17) is 0 Å². The van der Waals surface area contributed by atoms with E-state index in [9.17, 15) is 27.6 Å². The van der Waals surface area contributed by atoms with Gasteiger partial charge in [-0.15, -0.1) is 0 Å². The predicted octanol–water partition coefficient (Wildman–Crippen LogP) is 4.17. The maximum Gasteiger partial charge on any atom is 0.433 e. The highest BCUT2D eigenvalue weighted by atomic mass is 19.4. The lowest BCUT2D eigenvalue weighted by atomic mass is 10.00. The van der Waals surface area contributed by atoms with E-state index in [1.807, 2.05) is 18.2 Å². The maximum absolute atomic E-state index is 13.0. The lowest BCUT2D eigenvalue weighted by Gasteiger charge is -2.34. The molecule has 1 aliphatic heterocycles. The molecule has 2 amide bonds. The molecule has 0 saturated carbocycles. The zero-order valence-electron chi connectivity index (χ0n) is 21.7. The molecule has 0 spiro atoms. The number of carbonyl (C=O) groups is 3. The molecule has 40 heavy (non-hydrogen) atoms. The quantitative estimate of drug-likeness (QED) is 0.337. The summed E-state index contributed by atoms with van der Waals surface area (Å²) in [6.45, 7) is 3.54. The van der Waals surface area contributed by atoms with Gasteiger partial charge in [-0.25, -0.2) is 4.98 Å². The summed E-state index contributed by atoms with van der Waals surface area (Å²) in [4.78, 5) is 45.3. The zero-order chi connectivity index (χ0) is 28.4. The topological polar surface area (TPSA) is 88.4 Å². The van der Waals surface area contributed by atoms with Crippen LogP contribution in [0.5, 0.6) is 0 Å². The molecule has 0 unspecified atom stereocenters. The van der Waals surface area contributed by atoms with E-state index < -0.39 is 17.7 Å². The summed E-state index contributed by atoms with van der Waals surface area (Å²) in [5, 5.41) is 5.20. The number of carbonyl (C=O) groups excluding carboxylic acids is 3. The SMILES string of the molecule is Cc1cc2nn(CC(=O)N3CCN(C(=O)c4ccccc4)CC3)cc2cc1CC(=O)c1cccc(C(F)(F)F)n1. The average molecular weight is 550 g/mol. The molecule has 4 aromatic rings. The lowest BCUT2D eigenvalue weighted by molar-refractivity contribution is -0.141. The Bertz CT molecular complexity index is 1580. The number of pyridine rings is 1. The Balaban J connectivity index is 1.22. The number of aryl methyl sites for hydroxylation is 1. The summed E-state index contributed by atoms with van der Waals surface area (Å²) in [5.41, 5.74) is 1.29. The van der Waals surface area contributed by atoms with Gasteiger partial charge in [-0.1, -0.05) is 24.3 Å². The highest BCUT2D eigenvalue weighted by molar-refractivity contribution is 5.97. The van der Waals surface area contributed by atoms with Gasteiger partial charge in [-0.3, -0.25) is 19.1 Å². The van der Waals surface area contributed by atoms with Gasteiger partial charge in [0.25, 0.3) is 5.91 Å². The van der Waals surface area contributed by atoms with Gasteiger partial charge in [0.15, 0.2) is 5.78 Å². The molecule has 2 aromatic heterocycles. The number of benzene rings is 2. The zero-order valence-corrected chi connectivity index (χ0v) is 21.7. The molecule has 3 heterocycles. The minimum absolute atomic E-state index is 0.0166. The van der Waals surface area contributed by atoms with E-state index in [-0.39, 0.29) is 30.5 Å². The van der Waals surface area contributed by atoms with Gasteiger partial charge in [0.2, 0.25) is 5.91 Å². The van der Waals surface area contributed by atoms with Gasteiger partial charge in [0, 0.05) is 49.7 Å². The number of aromatic nitrogens is 3. The van der Waals surface area contributed by atoms with Crippen LogP contribution in [0, 0.1) is 6.92 Å². The number of Topliss-reactive ketones (excluding diaryl/α,β-unsaturated/α-hetero) is 1. The Morgan fingerprint density at radius 1 is 0.900 bits per heavy atom. The van der Waals surface area contributed by atoms with E-state index in [0.717, 1.165) is 11.6 Å². The third-order valence-corrected chi connectivity index (χ3v) is 6.92. The normalized spacial score (nSPS) is 14.0. The van der Waals surface area contributed by atoms with Crippen molar-refractivity contribution >= 4 is 28.5 Å². The van der Waals surface area contributed by atoms with Crippen molar-refractivity contribution in [3.8, 4) is 0 Å². The Morgan fingerprint density at radius 3 is 2.30 bits per heavy atom. The van der Waals surface area contributed by atoms with Crippen LogP contribution in [-0.4, -0.2) is 68.3 Å². The summed E-state index contributed by atoms with van der Waals surface area (Å²) in [7, 11) is 0. The molecule has 1 aliphatic rings. The van der Waals surface area contributed by atoms with Crippen molar-refractivity contribution in [2.75, 3.05) is 26.2 Å². The lowest BCUT2D eigenvalue weighted by Crippen LogP contribution is -2.51. The molecular weight excluding hydrogens is 523 g/mol. The Morgan fingerprint density at radius 2 is 1.60 bits per heavy atom. The van der Waals surface area contributed by atoms with Gasteiger partial charge in [-0.2, -0.15) is 18.3 Å². The second kappa shape index (κ2) is 10.9. The van der Waals surface area contributed by atoms with Crippen LogP contribution in [0.4, 0.5) is 13.2 Å². The van der Waals surface area contributed by atoms with Crippen molar-refractivity contribution in [2.24, 2.45) is 0 Å². The van der Waals surface area contributed by atoms with Crippen LogP contribution in [0.25, 0.3) is 10.9 Å². The molecule has 0 atom stereocenters. The van der Waals surface area contributed by atoms with E-state index >= 15 is 0 Å². The fourth-order valence-electron chi connectivity index (χ4n) is 4.72. The molecule has 0 aliphatic carbocycles. The van der Waals surface area contributed by atoms with Crippen molar-refractivity contribution in [3.05, 3.63) is 94.9 Å². The monoisotopic (exact) mass is 549 g/mol. The van der Waals surface area contributed by atoms with Crippen molar-refractivity contribution < 1.29 is 27.6 Å². The second-order valence-corrected chi connectivity index (χ2v) is 9.71. The molecule has 0 bridgehead atoms. The van der Waals surface area contributed by atoms with Gasteiger partial charge in [0.05, 0.1) is 5.52 Å². The van der Waals surface area contributed by atoms with Crippen LogP contribution in [0.1, 0.15) is 37.7 Å². The first-order chi connectivity index (χ1) is 19.1. The first kappa shape index (κ1) is 27.0. The van der Waals surface area contributed by atoms with Crippen molar-refractivity contribution in [3.63, 3.8) is 0 Å². The van der Waals surface area contributed by atoms with Crippen LogP contribution in [0.2, 0.25) is 0 Å². The van der Waals surface area contributed by atoms with Gasteiger partial charge >= 0.3 is 6.18 Å². The number of alkyl halides is 3. The smallest absolute Gasteiger partial charge is 0.338 e. The summed E-state index contributed by atoms with van der Waals surface area (Å²) in [6, 6.07) is 15.8. The van der Waals surface area contributed by atoms with Gasteiger partial charge in [0.1, 0.15) is 17.9 Å². The van der Waals surface area contributed by atoms with Crippen LogP contribution in [-0.2, 0) is 23.9 Å². The molecule has 1 saturated heterocycles. The molecule has 0 N–H and O–H groups in total. The highest BCUT2D eigenvalue weighted by Gasteiger charge is 2.33. The number of amides is 2. The number of nitrogens with zero attached hydrogens (tertiary/aromatic N) is 5. The van der Waals surface area contributed by atoms with E-state index in [2.05, 4.69) is 10.1 Å². The first-order valence-corrected chi connectivity index (χ1v) is 12.7. The van der Waals surface area contributed by atoms with Crippen LogP contribution in [0.3, 0.4) is 0 Å². The van der Waals surface area contributed by atoms with Crippen LogP contribution >= 0.6 is 0 Å². The molecule has 5 rings (SSSR count). The fourth-order valence-corrected chi connectivity index (χ4v) is 4.72. The number of piperazine rings is 1. The minimum Gasteiger partial charge on any atom is -0.338 e. The highest BCUT2D eigenvalue weighted by Crippen LogP contribution is 2.28. The third-order valence-electron chi connectivity index (χ3n) is 6.92. The number of rotatable bonds is 6. The van der Waals surface area contributed by atoms with Crippen LogP contribution < -0.4 is 0 Å². The molecule has 1 fully saturated rings. The Labute approximate surface area is 228 Å². The number of halogens is 3. The average Bonchev–Trinajstić information content (AvgIpc) is 3.33. The molecule has 2 aromatic carbocycles. The Hall–Kier alpha value is -4.54. The van der Waals surface area contributed by atoms with Crippen molar-refractivity contribution in [1.82, 2.24) is 24.6 Å². The Kier molecular flexibility index (Phi) is 7.38. The number of hydrogen-bond acceptors (Lipinski definition) is 5. The van der Waals surface area contributed by atoms with Crippen LogP contribution in [0.15, 0.2) is 66.9 Å². The molecule has 206 valence electrons. The molecule has 8 nitrogen and oxygen atoms in total. The largest absolute Gasteiger partial charge is 0.433 e. The van der Waals surface area contributed by atoms with Gasteiger partial charge in [-0.05, 0) is 54.4 Å². The number of fused-ring (bicyclic) bond motifs is 1. The standard InChI is InChI=1S/C29H26F3N5O3/c1-19-14-24-22(15-21(19)16-25(38)23-8-5-9-26(33-23)29(30,31)32)17-37(34-24)18-27(39)35-10-12-36(13-11-35)28(40)20-6-3-2-4-7-20/h2-9,14-15,17H,10-13,16,18H2,1H3. The summed E-state index contributed by atoms with van der Waals surface area (Å²) in [6.07, 6.45) is -3.05. The minimum atomic E-state index is -4.63. The number of hydrogen-bond donors (Lipinski definition) is 0. The molecular formula is C29H26F3N5O3.